The van der Waals surface area contributed by atoms with Crippen molar-refractivity contribution >= 4 is 40.4 Å². The third kappa shape index (κ3) is 5.93. The molecule has 2 fully saturated rings. The van der Waals surface area contributed by atoms with Gasteiger partial charge in [0.1, 0.15) is 5.84 Å². The first kappa shape index (κ1) is 21.6. The van der Waals surface area contributed by atoms with Crippen LogP contribution in [-0.2, 0) is 0 Å². The third-order valence-corrected chi connectivity index (χ3v) is 5.26. The van der Waals surface area contributed by atoms with Gasteiger partial charge in [0.05, 0.1) is 11.1 Å². The fourth-order valence-corrected chi connectivity index (χ4v) is 3.31. The molecule has 2 aliphatic heterocycles. The number of benzene rings is 1. The van der Waals surface area contributed by atoms with E-state index in [0.29, 0.717) is 28.7 Å². The molecule has 1 atom stereocenters. The number of likely N-dealkylation sites (tertiary alicyclic amines) is 1. The topological polar surface area (TPSA) is 103 Å². The van der Waals surface area contributed by atoms with E-state index in [1.165, 1.54) is 0 Å². The molecule has 156 valence electrons. The van der Waals surface area contributed by atoms with Gasteiger partial charge in [-0.25, -0.2) is 20.4 Å². The lowest BCUT2D eigenvalue weighted by atomic mass is 9.94. The molecule has 0 radical (unpaired) electrons. The number of amidine groups is 1. The van der Waals surface area contributed by atoms with Gasteiger partial charge in [-0.05, 0) is 51.9 Å². The normalized spacial score (nSPS) is 22.8. The number of rotatable bonds is 2. The average Bonchev–Trinajstić information content (AvgIpc) is 3.09. The number of hydrazine groups is 1. The summed E-state index contributed by atoms with van der Waals surface area (Å²) in [6.07, 6.45) is 3.22. The fourth-order valence-electron chi connectivity index (χ4n) is 3.14. The number of aromatic nitrogens is 2. The van der Waals surface area contributed by atoms with Crippen LogP contribution < -0.4 is 10.9 Å². The molecule has 3 N–H and O–H groups in total. The van der Waals surface area contributed by atoms with Crippen LogP contribution in [0.3, 0.4) is 0 Å². The molecular formula is C20H27ClN6O2. The van der Waals surface area contributed by atoms with Gasteiger partial charge in [-0.15, -0.1) is 0 Å². The summed E-state index contributed by atoms with van der Waals surface area (Å²) in [7, 11) is 2.09. The molecule has 1 unspecified atom stereocenters. The van der Waals surface area contributed by atoms with Crippen molar-refractivity contribution in [3.8, 4) is 0 Å². The van der Waals surface area contributed by atoms with Gasteiger partial charge in [-0.2, -0.15) is 0 Å². The van der Waals surface area contributed by atoms with Crippen LogP contribution in [-0.4, -0.2) is 63.9 Å². The summed E-state index contributed by atoms with van der Waals surface area (Å²) in [4.78, 5) is 25.9. The first-order valence-corrected chi connectivity index (χ1v) is 10.1. The minimum Gasteiger partial charge on any atom is -0.390 e. The number of carbonyl (C=O) groups excluding carboxylic acids is 1. The molecule has 1 aromatic carbocycles. The Morgan fingerprint density at radius 1 is 1.34 bits per heavy atom. The highest BCUT2D eigenvalue weighted by atomic mass is 35.5. The predicted molar refractivity (Wildman–Crippen MR) is 115 cm³/mol. The van der Waals surface area contributed by atoms with Crippen molar-refractivity contribution in [1.29, 1.82) is 0 Å². The molecule has 1 aromatic heterocycles. The summed E-state index contributed by atoms with van der Waals surface area (Å²) in [6, 6.07) is 5.52. The first-order chi connectivity index (χ1) is 13.8. The highest BCUT2D eigenvalue weighted by Crippen LogP contribution is 2.26. The number of carbonyl (C=O) groups is 1. The molecule has 29 heavy (non-hydrogen) atoms. The highest BCUT2D eigenvalue weighted by molar-refractivity contribution is 6.31. The van der Waals surface area contributed by atoms with Gasteiger partial charge in [0.25, 0.3) is 0 Å². The number of nitrogens with zero attached hydrogens (tertiary/aromatic N) is 4. The van der Waals surface area contributed by atoms with Crippen molar-refractivity contribution in [2.45, 2.75) is 44.8 Å². The molecule has 0 aliphatic carbocycles. The molecule has 2 aromatic rings. The summed E-state index contributed by atoms with van der Waals surface area (Å²) < 4.78 is 0. The number of aldehydes is 1. The van der Waals surface area contributed by atoms with Crippen LogP contribution in [0.4, 0.5) is 5.82 Å². The second-order valence-corrected chi connectivity index (χ2v) is 8.35. The lowest BCUT2D eigenvalue weighted by Gasteiger charge is -2.33. The quantitative estimate of drug-likeness (QED) is 0.643. The van der Waals surface area contributed by atoms with Crippen molar-refractivity contribution in [3.63, 3.8) is 0 Å². The Bertz CT molecular complexity index is 907. The minimum absolute atomic E-state index is 0.109. The SMILES string of the molecule is CC1CC(=Nc2nc(C=O)nc3ccc(Cl)cc23)NN1.CN1CCC(C)(O)CC1. The number of aliphatic imine (C=N–C) groups is 1. The molecule has 2 aliphatic rings. The Balaban J connectivity index is 0.000000224. The maximum atomic E-state index is 10.9. The zero-order valence-corrected chi connectivity index (χ0v) is 17.7. The Morgan fingerprint density at radius 2 is 2.07 bits per heavy atom. The van der Waals surface area contributed by atoms with E-state index in [4.69, 9.17) is 11.6 Å². The third-order valence-electron chi connectivity index (χ3n) is 5.03. The number of nitrogens with one attached hydrogen (secondary N) is 2. The van der Waals surface area contributed by atoms with Gasteiger partial charge < -0.3 is 15.4 Å². The summed E-state index contributed by atoms with van der Waals surface area (Å²) in [5, 5.41) is 10.8. The predicted octanol–water partition coefficient (Wildman–Crippen LogP) is 2.48. The zero-order chi connectivity index (χ0) is 21.0. The van der Waals surface area contributed by atoms with Crippen LogP contribution in [0.2, 0.25) is 5.02 Å². The molecule has 8 nitrogen and oxygen atoms in total. The van der Waals surface area contributed by atoms with Crippen molar-refractivity contribution in [1.82, 2.24) is 25.7 Å². The Hall–Kier alpha value is -2.13. The van der Waals surface area contributed by atoms with E-state index >= 15 is 0 Å². The van der Waals surface area contributed by atoms with Crippen molar-refractivity contribution in [2.24, 2.45) is 4.99 Å². The first-order valence-electron chi connectivity index (χ1n) is 9.68. The van der Waals surface area contributed by atoms with E-state index in [1.54, 1.807) is 18.2 Å². The maximum Gasteiger partial charge on any atom is 0.195 e. The Morgan fingerprint density at radius 3 is 2.66 bits per heavy atom. The van der Waals surface area contributed by atoms with Gasteiger partial charge in [0.15, 0.2) is 17.9 Å². The van der Waals surface area contributed by atoms with E-state index < -0.39 is 0 Å². The summed E-state index contributed by atoms with van der Waals surface area (Å²) in [6.45, 7) is 6.03. The molecule has 4 rings (SSSR count). The largest absolute Gasteiger partial charge is 0.390 e. The van der Waals surface area contributed by atoms with Gasteiger partial charge in [0, 0.05) is 36.0 Å². The summed E-state index contributed by atoms with van der Waals surface area (Å²) in [5.41, 5.74) is 6.31. The number of hydrogen-bond donors (Lipinski definition) is 3. The monoisotopic (exact) mass is 418 g/mol. The molecule has 0 amide bonds. The molecule has 2 saturated heterocycles. The highest BCUT2D eigenvalue weighted by Gasteiger charge is 2.25. The number of aliphatic hydroxyl groups is 1. The van der Waals surface area contributed by atoms with Crippen LogP contribution in [0, 0.1) is 0 Å². The smallest absolute Gasteiger partial charge is 0.195 e. The van der Waals surface area contributed by atoms with Gasteiger partial charge in [0.2, 0.25) is 0 Å². The minimum atomic E-state index is -0.382. The molecule has 0 bridgehead atoms. The van der Waals surface area contributed by atoms with Crippen LogP contribution in [0.15, 0.2) is 23.2 Å². The molecule has 9 heteroatoms. The van der Waals surface area contributed by atoms with Crippen molar-refractivity contribution in [3.05, 3.63) is 29.0 Å². The van der Waals surface area contributed by atoms with Crippen molar-refractivity contribution in [2.75, 3.05) is 20.1 Å². The lowest BCUT2D eigenvalue weighted by Crippen LogP contribution is -2.40. The second-order valence-electron chi connectivity index (χ2n) is 7.92. The van der Waals surface area contributed by atoms with Gasteiger partial charge in [-0.1, -0.05) is 11.6 Å². The molecule has 0 saturated carbocycles. The summed E-state index contributed by atoms with van der Waals surface area (Å²) in [5.74, 6) is 1.32. The number of piperidine rings is 1. The van der Waals surface area contributed by atoms with E-state index in [1.807, 2.05) is 13.8 Å². The van der Waals surface area contributed by atoms with Crippen LogP contribution in [0.5, 0.6) is 0 Å². The molecule has 0 spiro atoms. The number of hydrogen-bond acceptors (Lipinski definition) is 7. The molecular weight excluding hydrogens is 392 g/mol. The standard InChI is InChI=1S/C13H12ClN5O.C7H15NO/c1-7-4-11(19-18-7)16-13-9-5-8(14)2-3-10(9)15-12(6-20)17-13;1-7(9)3-5-8(2)6-4-7/h2-3,5-7,18H,4H2,1H3,(H,15,16,17,19);9H,3-6H2,1-2H3. The van der Waals surface area contributed by atoms with Crippen LogP contribution in [0.25, 0.3) is 10.9 Å². The van der Waals surface area contributed by atoms with Crippen molar-refractivity contribution < 1.29 is 9.90 Å². The number of fused-ring (bicyclic) bond motifs is 1. The van der Waals surface area contributed by atoms with E-state index in [0.717, 1.165) is 43.6 Å². The van der Waals surface area contributed by atoms with Gasteiger partial charge in [-0.3, -0.25) is 4.79 Å². The van der Waals surface area contributed by atoms with Crippen LogP contribution in [0.1, 0.15) is 43.7 Å². The van der Waals surface area contributed by atoms with E-state index in [-0.39, 0.29) is 11.4 Å². The molecule has 3 heterocycles. The number of halogens is 1. The second kappa shape index (κ2) is 9.13. The lowest BCUT2D eigenvalue weighted by molar-refractivity contribution is 0.000996. The maximum absolute atomic E-state index is 10.9. The van der Waals surface area contributed by atoms with Gasteiger partial charge >= 0.3 is 0 Å². The Kier molecular flexibility index (Phi) is 6.79. The zero-order valence-electron chi connectivity index (χ0n) is 16.9. The van der Waals surface area contributed by atoms with E-state index in [9.17, 15) is 9.90 Å². The summed E-state index contributed by atoms with van der Waals surface area (Å²) >= 11 is 6.00. The Labute approximate surface area is 175 Å². The fraction of sp³-hybridized carbons (Fsp3) is 0.500. The van der Waals surface area contributed by atoms with Crippen LogP contribution >= 0.6 is 11.6 Å². The average molecular weight is 419 g/mol. The van der Waals surface area contributed by atoms with E-state index in [2.05, 4.69) is 37.8 Å².